The van der Waals surface area contributed by atoms with Gasteiger partial charge >= 0.3 is 0 Å². The van der Waals surface area contributed by atoms with Crippen LogP contribution in [0.3, 0.4) is 0 Å². The average molecular weight is 272 g/mol. The van der Waals surface area contributed by atoms with Gasteiger partial charge in [-0.3, -0.25) is 0 Å². The van der Waals surface area contributed by atoms with Crippen molar-refractivity contribution in [1.29, 1.82) is 0 Å². The molecule has 0 aliphatic heterocycles. The van der Waals surface area contributed by atoms with Gasteiger partial charge in [0.2, 0.25) is 0 Å². The lowest BCUT2D eigenvalue weighted by Gasteiger charge is -2.56. The third-order valence-electron chi connectivity index (χ3n) is 5.75. The Morgan fingerprint density at radius 1 is 1.05 bits per heavy atom. The first-order valence-corrected chi connectivity index (χ1v) is 8.06. The van der Waals surface area contributed by atoms with E-state index in [1.165, 1.54) is 38.5 Å². The summed E-state index contributed by atoms with van der Waals surface area (Å²) in [6, 6.07) is 7.43. The lowest BCUT2D eigenvalue weighted by molar-refractivity contribution is -0.0994. The molecular formula is C18H24O2. The largest absolute Gasteiger partial charge is 0.508 e. The van der Waals surface area contributed by atoms with Crippen LogP contribution in [0.15, 0.2) is 24.3 Å². The van der Waals surface area contributed by atoms with Crippen molar-refractivity contribution in [3.63, 3.8) is 0 Å². The quantitative estimate of drug-likeness (QED) is 0.893. The predicted octanol–water partition coefficient (Wildman–Crippen LogP) is 4.13. The number of rotatable bonds is 4. The maximum Gasteiger partial charge on any atom is 0.115 e. The molecule has 5 rings (SSSR count). The Balaban J connectivity index is 1.37. The van der Waals surface area contributed by atoms with E-state index in [1.54, 1.807) is 12.1 Å². The summed E-state index contributed by atoms with van der Waals surface area (Å²) in [5, 5.41) is 9.49. The van der Waals surface area contributed by atoms with Gasteiger partial charge in [-0.15, -0.1) is 0 Å². The fourth-order valence-electron chi connectivity index (χ4n) is 5.50. The molecule has 1 aromatic rings. The van der Waals surface area contributed by atoms with Crippen LogP contribution >= 0.6 is 0 Å². The average Bonchev–Trinajstić information content (AvgIpc) is 2.36. The van der Waals surface area contributed by atoms with E-state index in [4.69, 9.17) is 4.74 Å². The topological polar surface area (TPSA) is 29.5 Å². The van der Waals surface area contributed by atoms with Gasteiger partial charge in [0, 0.05) is 0 Å². The lowest BCUT2D eigenvalue weighted by atomic mass is 9.50. The van der Waals surface area contributed by atoms with Gasteiger partial charge in [-0.1, -0.05) is 12.1 Å². The highest BCUT2D eigenvalue weighted by Gasteiger charge is 2.50. The van der Waals surface area contributed by atoms with Crippen molar-refractivity contribution in [2.24, 2.45) is 23.2 Å². The highest BCUT2D eigenvalue weighted by molar-refractivity contribution is 5.26. The Kier molecular flexibility index (Phi) is 3.03. The zero-order valence-electron chi connectivity index (χ0n) is 12.1. The molecule has 0 aromatic heterocycles. The maximum atomic E-state index is 9.49. The molecule has 0 amide bonds. The van der Waals surface area contributed by atoms with E-state index in [0.717, 1.165) is 29.9 Å². The number of phenols is 1. The second-order valence-corrected chi connectivity index (χ2v) is 7.58. The van der Waals surface area contributed by atoms with Crippen molar-refractivity contribution >= 4 is 0 Å². The van der Waals surface area contributed by atoms with Crippen molar-refractivity contribution in [3.8, 4) is 5.75 Å². The molecule has 0 unspecified atom stereocenters. The van der Waals surface area contributed by atoms with Gasteiger partial charge in [-0.25, -0.2) is 0 Å². The maximum absolute atomic E-state index is 9.49. The molecule has 4 fully saturated rings. The molecule has 0 radical (unpaired) electrons. The molecule has 4 saturated carbocycles. The van der Waals surface area contributed by atoms with E-state index < -0.39 is 0 Å². The van der Waals surface area contributed by atoms with E-state index in [1.807, 2.05) is 12.1 Å². The zero-order valence-corrected chi connectivity index (χ0v) is 12.1. The molecule has 4 aliphatic rings. The number of phenolic OH excluding ortho intramolecular Hbond substituents is 1. The van der Waals surface area contributed by atoms with Crippen LogP contribution in [0.1, 0.15) is 44.1 Å². The highest BCUT2D eigenvalue weighted by Crippen LogP contribution is 2.60. The van der Waals surface area contributed by atoms with Gasteiger partial charge in [-0.2, -0.15) is 0 Å². The molecule has 108 valence electrons. The van der Waals surface area contributed by atoms with Crippen LogP contribution in [0, 0.1) is 23.2 Å². The summed E-state index contributed by atoms with van der Waals surface area (Å²) in [6.45, 7) is 1.56. The van der Waals surface area contributed by atoms with Crippen LogP contribution < -0.4 is 0 Å². The lowest BCUT2D eigenvalue weighted by Crippen LogP contribution is -2.48. The normalized spacial score (nSPS) is 38.3. The number of benzene rings is 1. The third-order valence-corrected chi connectivity index (χ3v) is 5.75. The monoisotopic (exact) mass is 272 g/mol. The number of hydrogen-bond donors (Lipinski definition) is 1. The molecule has 0 spiro atoms. The van der Waals surface area contributed by atoms with Gasteiger partial charge in [0.05, 0.1) is 13.2 Å². The first-order valence-electron chi connectivity index (χ1n) is 8.06. The van der Waals surface area contributed by atoms with Gasteiger partial charge < -0.3 is 9.84 Å². The summed E-state index contributed by atoms with van der Waals surface area (Å²) in [5.41, 5.74) is 1.57. The molecule has 2 nitrogen and oxygen atoms in total. The van der Waals surface area contributed by atoms with Crippen LogP contribution in [0.5, 0.6) is 5.75 Å². The SMILES string of the molecule is Oc1cccc(COCC23CC4CC(CC(C4)C2)C3)c1. The Morgan fingerprint density at radius 2 is 1.70 bits per heavy atom. The number of ether oxygens (including phenoxy) is 1. The molecule has 0 saturated heterocycles. The van der Waals surface area contributed by atoms with Gasteiger partial charge in [0.15, 0.2) is 0 Å². The fourth-order valence-corrected chi connectivity index (χ4v) is 5.50. The summed E-state index contributed by atoms with van der Waals surface area (Å²) >= 11 is 0. The molecule has 1 N–H and O–H groups in total. The van der Waals surface area contributed by atoms with Crippen molar-refractivity contribution in [2.45, 2.75) is 45.1 Å². The molecule has 4 bridgehead atoms. The minimum Gasteiger partial charge on any atom is -0.508 e. The van der Waals surface area contributed by atoms with Crippen molar-refractivity contribution in [3.05, 3.63) is 29.8 Å². The Hall–Kier alpha value is -1.02. The molecule has 0 heterocycles. The van der Waals surface area contributed by atoms with Crippen LogP contribution in [0.25, 0.3) is 0 Å². The van der Waals surface area contributed by atoms with E-state index >= 15 is 0 Å². The van der Waals surface area contributed by atoms with Crippen LogP contribution in [-0.4, -0.2) is 11.7 Å². The minimum absolute atomic E-state index is 0.334. The number of hydrogen-bond acceptors (Lipinski definition) is 2. The highest BCUT2D eigenvalue weighted by atomic mass is 16.5. The Morgan fingerprint density at radius 3 is 2.30 bits per heavy atom. The van der Waals surface area contributed by atoms with Crippen molar-refractivity contribution in [2.75, 3.05) is 6.61 Å². The van der Waals surface area contributed by atoms with Gasteiger partial charge in [-0.05, 0) is 79.4 Å². The fraction of sp³-hybridized carbons (Fsp3) is 0.667. The molecule has 0 atom stereocenters. The van der Waals surface area contributed by atoms with Gasteiger partial charge in [0.25, 0.3) is 0 Å². The van der Waals surface area contributed by atoms with E-state index in [-0.39, 0.29) is 0 Å². The number of aromatic hydroxyl groups is 1. The van der Waals surface area contributed by atoms with Crippen molar-refractivity contribution in [1.82, 2.24) is 0 Å². The van der Waals surface area contributed by atoms with Gasteiger partial charge in [0.1, 0.15) is 5.75 Å². The minimum atomic E-state index is 0.334. The predicted molar refractivity (Wildman–Crippen MR) is 78.4 cm³/mol. The summed E-state index contributed by atoms with van der Waals surface area (Å²) in [5.74, 6) is 3.31. The molecule has 4 aliphatic carbocycles. The van der Waals surface area contributed by atoms with E-state index in [0.29, 0.717) is 17.8 Å². The third kappa shape index (κ3) is 2.35. The second kappa shape index (κ2) is 4.77. The Bertz CT molecular complexity index is 459. The summed E-state index contributed by atoms with van der Waals surface area (Å²) in [7, 11) is 0. The van der Waals surface area contributed by atoms with Crippen molar-refractivity contribution < 1.29 is 9.84 Å². The van der Waals surface area contributed by atoms with E-state index in [9.17, 15) is 5.11 Å². The summed E-state index contributed by atoms with van der Waals surface area (Å²) in [4.78, 5) is 0. The molecular weight excluding hydrogens is 248 g/mol. The smallest absolute Gasteiger partial charge is 0.115 e. The van der Waals surface area contributed by atoms with Crippen LogP contribution in [0.4, 0.5) is 0 Å². The second-order valence-electron chi connectivity index (χ2n) is 7.58. The molecule has 20 heavy (non-hydrogen) atoms. The molecule has 1 aromatic carbocycles. The van der Waals surface area contributed by atoms with Crippen LogP contribution in [-0.2, 0) is 11.3 Å². The first kappa shape index (κ1) is 12.7. The summed E-state index contributed by atoms with van der Waals surface area (Å²) < 4.78 is 6.05. The summed E-state index contributed by atoms with van der Waals surface area (Å²) in [6.07, 6.45) is 8.68. The van der Waals surface area contributed by atoms with Crippen LogP contribution in [0.2, 0.25) is 0 Å². The first-order chi connectivity index (χ1) is 9.71. The standard InChI is InChI=1S/C18H24O2/c19-17-3-1-2-13(7-17)11-20-12-18-8-14-4-15(9-18)6-16(5-14)10-18/h1-3,7,14-16,19H,4-6,8-12H2. The molecule has 2 heteroatoms. The Labute approximate surface area is 121 Å². The zero-order chi connectivity index (χ0) is 13.6. The van der Waals surface area contributed by atoms with E-state index in [2.05, 4.69) is 0 Å².